The highest BCUT2D eigenvalue weighted by atomic mass is 35.5. The Morgan fingerprint density at radius 2 is 1.77 bits per heavy atom. The summed E-state index contributed by atoms with van der Waals surface area (Å²) in [5.41, 5.74) is 1.64. The minimum atomic E-state index is -0.370. The number of rotatable bonds is 5. The van der Waals surface area contributed by atoms with E-state index in [2.05, 4.69) is 10.6 Å². The molecular weight excluding hydrogens is 319 g/mol. The molecule has 0 aliphatic heterocycles. The van der Waals surface area contributed by atoms with E-state index in [0.29, 0.717) is 15.7 Å². The zero-order valence-corrected chi connectivity index (χ0v) is 13.9. The Hall–Kier alpha value is -1.55. The van der Waals surface area contributed by atoms with Crippen LogP contribution in [0.25, 0.3) is 0 Å². The number of amides is 1. The lowest BCUT2D eigenvalue weighted by Gasteiger charge is -2.21. The van der Waals surface area contributed by atoms with E-state index in [1.807, 2.05) is 38.1 Å². The fraction of sp³-hybridized carbons (Fsp3) is 0.235. The number of halogens is 2. The second kappa shape index (κ2) is 7.63. The van der Waals surface area contributed by atoms with Crippen LogP contribution in [-0.2, 0) is 4.79 Å². The summed E-state index contributed by atoms with van der Waals surface area (Å²) in [6.07, 6.45) is 0. The number of nitrogens with one attached hydrogen (secondary N) is 2. The predicted octanol–water partition coefficient (Wildman–Crippen LogP) is 4.67. The molecule has 2 rings (SSSR count). The normalized spacial score (nSPS) is 13.5. The van der Waals surface area contributed by atoms with E-state index in [4.69, 9.17) is 23.2 Å². The molecule has 2 unspecified atom stereocenters. The van der Waals surface area contributed by atoms with Gasteiger partial charge < -0.3 is 5.32 Å². The molecule has 0 spiro atoms. The highest BCUT2D eigenvalue weighted by Gasteiger charge is 2.17. The van der Waals surface area contributed by atoms with Crippen LogP contribution in [0.5, 0.6) is 0 Å². The summed E-state index contributed by atoms with van der Waals surface area (Å²) in [5.74, 6) is -0.124. The van der Waals surface area contributed by atoms with Crippen molar-refractivity contribution in [2.24, 2.45) is 0 Å². The van der Waals surface area contributed by atoms with Crippen LogP contribution in [-0.4, -0.2) is 11.9 Å². The molecule has 2 aromatic rings. The average Bonchev–Trinajstić information content (AvgIpc) is 2.47. The number of anilines is 1. The monoisotopic (exact) mass is 336 g/mol. The molecule has 3 nitrogen and oxygen atoms in total. The van der Waals surface area contributed by atoms with Crippen LogP contribution < -0.4 is 10.6 Å². The molecule has 0 bridgehead atoms. The first-order valence-electron chi connectivity index (χ1n) is 7.04. The summed E-state index contributed by atoms with van der Waals surface area (Å²) >= 11 is 12.1. The number of benzene rings is 2. The van der Waals surface area contributed by atoms with E-state index in [0.717, 1.165) is 5.56 Å². The van der Waals surface area contributed by atoms with Crippen LogP contribution >= 0.6 is 23.2 Å². The predicted molar refractivity (Wildman–Crippen MR) is 92.5 cm³/mol. The van der Waals surface area contributed by atoms with Gasteiger partial charge >= 0.3 is 0 Å². The van der Waals surface area contributed by atoms with Gasteiger partial charge in [-0.05, 0) is 43.7 Å². The van der Waals surface area contributed by atoms with E-state index in [-0.39, 0.29) is 18.0 Å². The van der Waals surface area contributed by atoms with Gasteiger partial charge in [0.15, 0.2) is 0 Å². The molecule has 0 heterocycles. The van der Waals surface area contributed by atoms with Crippen molar-refractivity contribution in [3.63, 3.8) is 0 Å². The minimum absolute atomic E-state index is 0.0335. The highest BCUT2D eigenvalue weighted by Crippen LogP contribution is 2.22. The molecule has 0 radical (unpaired) electrons. The third-order valence-electron chi connectivity index (χ3n) is 3.36. The first-order chi connectivity index (χ1) is 10.5. The Labute approximate surface area is 140 Å². The van der Waals surface area contributed by atoms with Crippen LogP contribution in [0.3, 0.4) is 0 Å². The Morgan fingerprint density at radius 3 is 2.45 bits per heavy atom. The SMILES string of the molecule is CC(NC(C)c1ccccc1Cl)C(=O)Nc1cccc(Cl)c1. The van der Waals surface area contributed by atoms with E-state index in [1.54, 1.807) is 24.3 Å². The molecule has 2 N–H and O–H groups in total. The molecule has 0 fully saturated rings. The van der Waals surface area contributed by atoms with Gasteiger partial charge in [0.2, 0.25) is 5.91 Å². The summed E-state index contributed by atoms with van der Waals surface area (Å²) in [6.45, 7) is 3.79. The summed E-state index contributed by atoms with van der Waals surface area (Å²) in [5, 5.41) is 7.35. The number of carbonyl (C=O) groups is 1. The standard InChI is InChI=1S/C17H18Cl2N2O/c1-11(15-8-3-4-9-16(15)19)20-12(2)17(22)21-14-7-5-6-13(18)10-14/h3-12,20H,1-2H3,(H,21,22). The van der Waals surface area contributed by atoms with Crippen molar-refractivity contribution in [3.8, 4) is 0 Å². The van der Waals surface area contributed by atoms with Gasteiger partial charge in [-0.25, -0.2) is 0 Å². The zero-order valence-electron chi connectivity index (χ0n) is 12.4. The van der Waals surface area contributed by atoms with Gasteiger partial charge in [0.1, 0.15) is 0 Å². The molecule has 0 aromatic heterocycles. The maximum Gasteiger partial charge on any atom is 0.241 e. The molecule has 22 heavy (non-hydrogen) atoms. The molecule has 0 aliphatic rings. The van der Waals surface area contributed by atoms with Gasteiger partial charge in [-0.15, -0.1) is 0 Å². The Bertz CT molecular complexity index is 661. The quantitative estimate of drug-likeness (QED) is 0.832. The van der Waals surface area contributed by atoms with Crippen molar-refractivity contribution in [1.29, 1.82) is 0 Å². The molecule has 1 amide bonds. The Balaban J connectivity index is 1.98. The van der Waals surface area contributed by atoms with Crippen molar-refractivity contribution in [1.82, 2.24) is 5.32 Å². The van der Waals surface area contributed by atoms with Crippen LogP contribution in [0.1, 0.15) is 25.5 Å². The van der Waals surface area contributed by atoms with Crippen molar-refractivity contribution >= 4 is 34.8 Å². The third kappa shape index (κ3) is 4.47. The van der Waals surface area contributed by atoms with Gasteiger partial charge in [-0.2, -0.15) is 0 Å². The molecule has 0 aliphatic carbocycles. The van der Waals surface area contributed by atoms with Crippen molar-refractivity contribution < 1.29 is 4.79 Å². The van der Waals surface area contributed by atoms with Crippen LogP contribution in [0.15, 0.2) is 48.5 Å². The van der Waals surface area contributed by atoms with Gasteiger partial charge in [0, 0.05) is 21.8 Å². The van der Waals surface area contributed by atoms with Crippen LogP contribution in [0.4, 0.5) is 5.69 Å². The first kappa shape index (κ1) is 16.8. The van der Waals surface area contributed by atoms with E-state index >= 15 is 0 Å². The van der Waals surface area contributed by atoms with Gasteiger partial charge in [-0.1, -0.05) is 47.5 Å². The molecule has 5 heteroatoms. The first-order valence-corrected chi connectivity index (χ1v) is 7.80. The summed E-state index contributed by atoms with van der Waals surface area (Å²) in [6, 6.07) is 14.3. The molecule has 116 valence electrons. The van der Waals surface area contributed by atoms with Crippen molar-refractivity contribution in [2.45, 2.75) is 25.9 Å². The van der Waals surface area contributed by atoms with Gasteiger partial charge in [0.05, 0.1) is 6.04 Å². The van der Waals surface area contributed by atoms with Gasteiger partial charge in [0.25, 0.3) is 0 Å². The average molecular weight is 337 g/mol. The largest absolute Gasteiger partial charge is 0.325 e. The maximum absolute atomic E-state index is 12.2. The maximum atomic E-state index is 12.2. The second-order valence-electron chi connectivity index (χ2n) is 5.13. The number of hydrogen-bond donors (Lipinski definition) is 2. The molecule has 2 atom stereocenters. The van der Waals surface area contributed by atoms with Crippen LogP contribution in [0, 0.1) is 0 Å². The lowest BCUT2D eigenvalue weighted by molar-refractivity contribution is -0.117. The third-order valence-corrected chi connectivity index (χ3v) is 3.94. The highest BCUT2D eigenvalue weighted by molar-refractivity contribution is 6.31. The fourth-order valence-electron chi connectivity index (χ4n) is 2.18. The summed E-state index contributed by atoms with van der Waals surface area (Å²) < 4.78 is 0. The molecule has 0 saturated carbocycles. The summed E-state index contributed by atoms with van der Waals surface area (Å²) in [4.78, 5) is 12.2. The lowest BCUT2D eigenvalue weighted by atomic mass is 10.1. The minimum Gasteiger partial charge on any atom is -0.325 e. The lowest BCUT2D eigenvalue weighted by Crippen LogP contribution is -2.39. The zero-order chi connectivity index (χ0) is 16.1. The second-order valence-corrected chi connectivity index (χ2v) is 5.97. The summed E-state index contributed by atoms with van der Waals surface area (Å²) in [7, 11) is 0. The number of carbonyl (C=O) groups excluding carboxylic acids is 1. The Kier molecular flexibility index (Phi) is 5.83. The van der Waals surface area contributed by atoms with Crippen LogP contribution in [0.2, 0.25) is 10.0 Å². The molecular formula is C17H18Cl2N2O. The Morgan fingerprint density at radius 1 is 1.05 bits per heavy atom. The number of hydrogen-bond acceptors (Lipinski definition) is 2. The molecule has 0 saturated heterocycles. The topological polar surface area (TPSA) is 41.1 Å². The fourth-order valence-corrected chi connectivity index (χ4v) is 2.67. The van der Waals surface area contributed by atoms with Crippen molar-refractivity contribution in [3.05, 3.63) is 64.1 Å². The van der Waals surface area contributed by atoms with E-state index in [9.17, 15) is 4.79 Å². The van der Waals surface area contributed by atoms with Crippen molar-refractivity contribution in [2.75, 3.05) is 5.32 Å². The van der Waals surface area contributed by atoms with Gasteiger partial charge in [-0.3, -0.25) is 10.1 Å². The molecule has 2 aromatic carbocycles. The smallest absolute Gasteiger partial charge is 0.241 e. The van der Waals surface area contributed by atoms with E-state index in [1.165, 1.54) is 0 Å². The van der Waals surface area contributed by atoms with E-state index < -0.39 is 0 Å².